The summed E-state index contributed by atoms with van der Waals surface area (Å²) >= 11 is 6.23. The lowest BCUT2D eigenvalue weighted by molar-refractivity contribution is 0.918. The van der Waals surface area contributed by atoms with Gasteiger partial charge in [-0.15, -0.1) is 0 Å². The maximum atomic E-state index is 6.23. The highest BCUT2D eigenvalue weighted by molar-refractivity contribution is 6.30. The fourth-order valence-electron chi connectivity index (χ4n) is 3.34. The number of hydrogen-bond donors (Lipinski definition) is 0. The number of aromatic nitrogens is 3. The van der Waals surface area contributed by atoms with Crippen molar-refractivity contribution in [1.29, 1.82) is 0 Å². The SMILES string of the molecule is Clc1cccc(-n2nc(-c3ccccc3)c3cnc4ccccc4c32)c1. The lowest BCUT2D eigenvalue weighted by atomic mass is 10.1. The first-order chi connectivity index (χ1) is 12.8. The van der Waals surface area contributed by atoms with E-state index in [1.807, 2.05) is 71.5 Å². The average Bonchev–Trinajstić information content (AvgIpc) is 3.09. The van der Waals surface area contributed by atoms with Crippen molar-refractivity contribution in [3.8, 4) is 16.9 Å². The largest absolute Gasteiger partial charge is 0.255 e. The lowest BCUT2D eigenvalue weighted by Gasteiger charge is -2.06. The van der Waals surface area contributed by atoms with E-state index in [1.54, 1.807) is 0 Å². The molecular weight excluding hydrogens is 342 g/mol. The standard InChI is InChI=1S/C22H14ClN3/c23-16-9-6-10-17(13-16)26-22-18-11-4-5-12-20(18)24-14-19(22)21(25-26)15-7-2-1-3-8-15/h1-14H. The van der Waals surface area contributed by atoms with Gasteiger partial charge in [0.1, 0.15) is 5.69 Å². The molecule has 26 heavy (non-hydrogen) atoms. The first kappa shape index (κ1) is 15.1. The van der Waals surface area contributed by atoms with Gasteiger partial charge in [-0.3, -0.25) is 4.98 Å². The van der Waals surface area contributed by atoms with Crippen molar-refractivity contribution < 1.29 is 0 Å². The smallest absolute Gasteiger partial charge is 0.102 e. The van der Waals surface area contributed by atoms with E-state index >= 15 is 0 Å². The number of para-hydroxylation sites is 1. The Labute approximate surface area is 155 Å². The van der Waals surface area contributed by atoms with E-state index in [4.69, 9.17) is 16.7 Å². The van der Waals surface area contributed by atoms with Crippen LogP contribution in [-0.2, 0) is 0 Å². The lowest BCUT2D eigenvalue weighted by Crippen LogP contribution is -1.97. The molecule has 0 atom stereocenters. The third kappa shape index (κ3) is 2.37. The molecule has 5 aromatic rings. The molecular formula is C22H14ClN3. The second kappa shape index (κ2) is 5.97. The Morgan fingerprint density at radius 2 is 1.58 bits per heavy atom. The molecule has 2 heterocycles. The van der Waals surface area contributed by atoms with Crippen LogP contribution in [0.3, 0.4) is 0 Å². The Bertz CT molecular complexity index is 1240. The highest BCUT2D eigenvalue weighted by Crippen LogP contribution is 2.33. The molecule has 3 aromatic carbocycles. The topological polar surface area (TPSA) is 30.7 Å². The van der Waals surface area contributed by atoms with E-state index in [0.717, 1.165) is 38.8 Å². The maximum absolute atomic E-state index is 6.23. The van der Waals surface area contributed by atoms with Crippen molar-refractivity contribution in [3.05, 3.63) is 90.1 Å². The fraction of sp³-hybridized carbons (Fsp3) is 0. The van der Waals surface area contributed by atoms with Gasteiger partial charge in [0.15, 0.2) is 0 Å². The second-order valence-electron chi connectivity index (χ2n) is 6.14. The molecule has 0 aliphatic heterocycles. The van der Waals surface area contributed by atoms with Crippen LogP contribution in [0.15, 0.2) is 85.1 Å². The quantitative estimate of drug-likeness (QED) is 0.395. The third-order valence-electron chi connectivity index (χ3n) is 4.51. The van der Waals surface area contributed by atoms with E-state index in [0.29, 0.717) is 5.02 Å². The van der Waals surface area contributed by atoms with Crippen molar-refractivity contribution in [3.63, 3.8) is 0 Å². The van der Waals surface area contributed by atoms with Gasteiger partial charge in [0.05, 0.1) is 16.7 Å². The average molecular weight is 356 g/mol. The van der Waals surface area contributed by atoms with Crippen LogP contribution < -0.4 is 0 Å². The zero-order valence-corrected chi connectivity index (χ0v) is 14.6. The summed E-state index contributed by atoms with van der Waals surface area (Å²) in [6, 6.07) is 26.1. The summed E-state index contributed by atoms with van der Waals surface area (Å²) in [5, 5.41) is 7.72. The Kier molecular flexibility index (Phi) is 3.47. The molecule has 0 saturated carbocycles. The summed E-state index contributed by atoms with van der Waals surface area (Å²) in [4.78, 5) is 4.64. The van der Waals surface area contributed by atoms with Gasteiger partial charge in [-0.05, 0) is 24.3 Å². The molecule has 5 rings (SSSR count). The summed E-state index contributed by atoms with van der Waals surface area (Å²) < 4.78 is 1.97. The summed E-state index contributed by atoms with van der Waals surface area (Å²) in [6.07, 6.45) is 1.91. The second-order valence-corrected chi connectivity index (χ2v) is 6.58. The number of pyridine rings is 1. The number of fused-ring (bicyclic) bond motifs is 3. The van der Waals surface area contributed by atoms with E-state index in [-0.39, 0.29) is 0 Å². The minimum Gasteiger partial charge on any atom is -0.255 e. The zero-order valence-electron chi connectivity index (χ0n) is 13.8. The van der Waals surface area contributed by atoms with E-state index < -0.39 is 0 Å². The van der Waals surface area contributed by atoms with Gasteiger partial charge < -0.3 is 0 Å². The molecule has 2 aromatic heterocycles. The summed E-state index contributed by atoms with van der Waals surface area (Å²) in [6.45, 7) is 0. The van der Waals surface area contributed by atoms with Crippen LogP contribution in [0.5, 0.6) is 0 Å². The van der Waals surface area contributed by atoms with Crippen LogP contribution in [-0.4, -0.2) is 14.8 Å². The molecule has 0 unspecified atom stereocenters. The predicted octanol–water partition coefficient (Wildman–Crippen LogP) is 5.89. The number of nitrogens with zero attached hydrogens (tertiary/aromatic N) is 3. The maximum Gasteiger partial charge on any atom is 0.102 e. The van der Waals surface area contributed by atoms with Crippen LogP contribution in [0, 0.1) is 0 Å². The van der Waals surface area contributed by atoms with Crippen molar-refractivity contribution in [2.75, 3.05) is 0 Å². The molecule has 0 bridgehead atoms. The zero-order chi connectivity index (χ0) is 17.5. The van der Waals surface area contributed by atoms with Gasteiger partial charge in [0.25, 0.3) is 0 Å². The molecule has 0 radical (unpaired) electrons. The molecule has 0 amide bonds. The molecule has 0 aliphatic carbocycles. The van der Waals surface area contributed by atoms with Crippen LogP contribution in [0.2, 0.25) is 5.02 Å². The Morgan fingerprint density at radius 3 is 2.42 bits per heavy atom. The molecule has 0 saturated heterocycles. The normalized spacial score (nSPS) is 11.3. The van der Waals surface area contributed by atoms with Crippen LogP contribution >= 0.6 is 11.6 Å². The van der Waals surface area contributed by atoms with Crippen LogP contribution in [0.1, 0.15) is 0 Å². The third-order valence-corrected chi connectivity index (χ3v) is 4.75. The first-order valence-electron chi connectivity index (χ1n) is 8.39. The highest BCUT2D eigenvalue weighted by Gasteiger charge is 2.16. The van der Waals surface area contributed by atoms with Crippen molar-refractivity contribution in [2.45, 2.75) is 0 Å². The monoisotopic (exact) mass is 355 g/mol. The molecule has 3 nitrogen and oxygen atoms in total. The van der Waals surface area contributed by atoms with E-state index in [2.05, 4.69) is 23.2 Å². The van der Waals surface area contributed by atoms with Gasteiger partial charge in [-0.25, -0.2) is 4.68 Å². The molecule has 0 aliphatic rings. The Hall–Kier alpha value is -3.17. The van der Waals surface area contributed by atoms with Gasteiger partial charge in [0.2, 0.25) is 0 Å². The minimum atomic E-state index is 0.686. The van der Waals surface area contributed by atoms with Crippen molar-refractivity contribution in [1.82, 2.24) is 14.8 Å². The Balaban J connectivity index is 1.93. The van der Waals surface area contributed by atoms with Gasteiger partial charge in [-0.2, -0.15) is 5.10 Å². The molecule has 0 N–H and O–H groups in total. The highest BCUT2D eigenvalue weighted by atomic mass is 35.5. The summed E-state index contributed by atoms with van der Waals surface area (Å²) in [5.41, 5.74) is 4.90. The van der Waals surface area contributed by atoms with Crippen molar-refractivity contribution >= 4 is 33.4 Å². The van der Waals surface area contributed by atoms with Gasteiger partial charge in [0, 0.05) is 27.6 Å². The van der Waals surface area contributed by atoms with Gasteiger partial charge >= 0.3 is 0 Å². The molecule has 124 valence electrons. The van der Waals surface area contributed by atoms with Crippen LogP contribution in [0.4, 0.5) is 0 Å². The summed E-state index contributed by atoms with van der Waals surface area (Å²) in [5.74, 6) is 0. The number of benzene rings is 3. The van der Waals surface area contributed by atoms with Crippen molar-refractivity contribution in [2.24, 2.45) is 0 Å². The summed E-state index contributed by atoms with van der Waals surface area (Å²) in [7, 11) is 0. The molecule has 0 spiro atoms. The van der Waals surface area contributed by atoms with E-state index in [9.17, 15) is 0 Å². The fourth-order valence-corrected chi connectivity index (χ4v) is 3.52. The molecule has 0 fully saturated rings. The minimum absolute atomic E-state index is 0.686. The van der Waals surface area contributed by atoms with Crippen LogP contribution in [0.25, 0.3) is 38.8 Å². The first-order valence-corrected chi connectivity index (χ1v) is 8.77. The molecule has 4 heteroatoms. The number of halogens is 1. The number of rotatable bonds is 2. The predicted molar refractivity (Wildman–Crippen MR) is 107 cm³/mol. The van der Waals surface area contributed by atoms with Gasteiger partial charge in [-0.1, -0.05) is 66.2 Å². The van der Waals surface area contributed by atoms with E-state index in [1.165, 1.54) is 0 Å². The Morgan fingerprint density at radius 1 is 0.769 bits per heavy atom. The number of hydrogen-bond acceptors (Lipinski definition) is 2.